The summed E-state index contributed by atoms with van der Waals surface area (Å²) in [5.74, 6) is 0.382. The Bertz CT molecular complexity index is 726. The summed E-state index contributed by atoms with van der Waals surface area (Å²) in [5, 5.41) is 9.10. The molecular formula is C19H18N2O2. The van der Waals surface area contributed by atoms with Crippen LogP contribution in [0.3, 0.4) is 0 Å². The number of nitriles is 1. The summed E-state index contributed by atoms with van der Waals surface area (Å²) in [6.07, 6.45) is 5.08. The normalized spacial score (nSPS) is 11.1. The molecule has 0 aliphatic rings. The first-order valence-electron chi connectivity index (χ1n) is 7.38. The van der Waals surface area contributed by atoms with E-state index >= 15 is 0 Å². The van der Waals surface area contributed by atoms with Crippen molar-refractivity contribution < 1.29 is 9.53 Å². The maximum atomic E-state index is 11.9. The topological polar surface area (TPSA) is 63.0 Å². The van der Waals surface area contributed by atoms with E-state index in [1.807, 2.05) is 42.5 Å². The SMILES string of the molecule is CC(C)C(=O)C(C#N)=Cc1ccc(OCc2cccnc2)cc1. The van der Waals surface area contributed by atoms with E-state index in [-0.39, 0.29) is 17.3 Å². The van der Waals surface area contributed by atoms with Crippen molar-refractivity contribution in [3.63, 3.8) is 0 Å². The fraction of sp³-hybridized carbons (Fsp3) is 0.211. The van der Waals surface area contributed by atoms with Gasteiger partial charge in [-0.05, 0) is 29.8 Å². The highest BCUT2D eigenvalue weighted by molar-refractivity contribution is 6.04. The quantitative estimate of drug-likeness (QED) is 0.601. The molecule has 4 nitrogen and oxygen atoms in total. The highest BCUT2D eigenvalue weighted by Crippen LogP contribution is 2.17. The molecule has 0 amide bonds. The van der Waals surface area contributed by atoms with Gasteiger partial charge in [-0.15, -0.1) is 0 Å². The van der Waals surface area contributed by atoms with Crippen molar-refractivity contribution in [3.05, 3.63) is 65.5 Å². The predicted octanol–water partition coefficient (Wildman–Crippen LogP) is 3.79. The van der Waals surface area contributed by atoms with Gasteiger partial charge in [-0.1, -0.05) is 32.0 Å². The van der Waals surface area contributed by atoms with E-state index in [0.717, 1.165) is 16.9 Å². The Morgan fingerprint density at radius 2 is 2.04 bits per heavy atom. The van der Waals surface area contributed by atoms with Gasteiger partial charge in [0.05, 0.1) is 5.57 Å². The van der Waals surface area contributed by atoms with Gasteiger partial charge < -0.3 is 4.74 Å². The van der Waals surface area contributed by atoms with Crippen LogP contribution in [0.15, 0.2) is 54.4 Å². The molecule has 4 heteroatoms. The van der Waals surface area contributed by atoms with Gasteiger partial charge in [-0.2, -0.15) is 5.26 Å². The van der Waals surface area contributed by atoms with Gasteiger partial charge in [0.25, 0.3) is 0 Å². The zero-order valence-electron chi connectivity index (χ0n) is 13.2. The number of pyridine rings is 1. The van der Waals surface area contributed by atoms with Gasteiger partial charge in [0.15, 0.2) is 5.78 Å². The molecule has 2 rings (SSSR count). The molecule has 0 saturated heterocycles. The van der Waals surface area contributed by atoms with Crippen LogP contribution in [0.1, 0.15) is 25.0 Å². The van der Waals surface area contributed by atoms with Crippen molar-refractivity contribution in [1.82, 2.24) is 4.98 Å². The summed E-state index contributed by atoms with van der Waals surface area (Å²) in [5.41, 5.74) is 1.96. The first-order valence-corrected chi connectivity index (χ1v) is 7.38. The number of carbonyl (C=O) groups is 1. The van der Waals surface area contributed by atoms with Crippen LogP contribution >= 0.6 is 0 Å². The van der Waals surface area contributed by atoms with Gasteiger partial charge in [-0.25, -0.2) is 0 Å². The second-order valence-corrected chi connectivity index (χ2v) is 5.41. The van der Waals surface area contributed by atoms with Crippen molar-refractivity contribution >= 4 is 11.9 Å². The molecule has 2 aromatic rings. The second kappa shape index (κ2) is 7.90. The average molecular weight is 306 g/mol. The number of aromatic nitrogens is 1. The molecule has 0 bridgehead atoms. The van der Waals surface area contributed by atoms with Crippen LogP contribution in [0.2, 0.25) is 0 Å². The lowest BCUT2D eigenvalue weighted by Crippen LogP contribution is -2.08. The standard InChI is InChI=1S/C19H18N2O2/c1-14(2)19(22)17(11-20)10-15-5-7-18(8-6-15)23-13-16-4-3-9-21-12-16/h3-10,12,14H,13H2,1-2H3. The van der Waals surface area contributed by atoms with Crippen molar-refractivity contribution in [3.8, 4) is 11.8 Å². The van der Waals surface area contributed by atoms with Crippen molar-refractivity contribution in [2.75, 3.05) is 0 Å². The molecule has 0 N–H and O–H groups in total. The number of rotatable bonds is 6. The van der Waals surface area contributed by atoms with Crippen molar-refractivity contribution in [2.45, 2.75) is 20.5 Å². The fourth-order valence-electron chi connectivity index (χ4n) is 1.95. The number of carbonyl (C=O) groups excluding carboxylic acids is 1. The molecule has 0 aliphatic heterocycles. The van der Waals surface area contributed by atoms with Crippen LogP contribution in [-0.4, -0.2) is 10.8 Å². The lowest BCUT2D eigenvalue weighted by atomic mass is 10.00. The molecule has 0 saturated carbocycles. The first-order chi connectivity index (χ1) is 11.1. The number of ether oxygens (including phenoxy) is 1. The third-order valence-electron chi connectivity index (χ3n) is 3.23. The number of nitrogens with zero attached hydrogens (tertiary/aromatic N) is 2. The summed E-state index contributed by atoms with van der Waals surface area (Å²) < 4.78 is 5.67. The Morgan fingerprint density at radius 3 is 2.61 bits per heavy atom. The zero-order valence-corrected chi connectivity index (χ0v) is 13.2. The van der Waals surface area contributed by atoms with Crippen LogP contribution in [0.25, 0.3) is 6.08 Å². The number of benzene rings is 1. The molecule has 116 valence electrons. The fourth-order valence-corrected chi connectivity index (χ4v) is 1.95. The Morgan fingerprint density at radius 1 is 1.30 bits per heavy atom. The molecule has 0 radical (unpaired) electrons. The van der Waals surface area contributed by atoms with E-state index in [0.29, 0.717) is 6.61 Å². The Labute approximate surface area is 136 Å². The third-order valence-corrected chi connectivity index (χ3v) is 3.23. The average Bonchev–Trinajstić information content (AvgIpc) is 2.59. The minimum Gasteiger partial charge on any atom is -0.489 e. The van der Waals surface area contributed by atoms with Crippen molar-refractivity contribution in [1.29, 1.82) is 5.26 Å². The van der Waals surface area contributed by atoms with E-state index in [2.05, 4.69) is 4.98 Å². The Hall–Kier alpha value is -2.93. The maximum absolute atomic E-state index is 11.9. The number of ketones is 1. The maximum Gasteiger partial charge on any atom is 0.175 e. The first kappa shape index (κ1) is 16.4. The van der Waals surface area contributed by atoms with E-state index in [9.17, 15) is 4.79 Å². The minimum absolute atomic E-state index is 0.149. The van der Waals surface area contributed by atoms with Gasteiger partial charge in [0, 0.05) is 23.9 Å². The molecule has 23 heavy (non-hydrogen) atoms. The monoisotopic (exact) mass is 306 g/mol. The summed E-state index contributed by atoms with van der Waals surface area (Å²) >= 11 is 0. The van der Waals surface area contributed by atoms with Crippen LogP contribution in [0.5, 0.6) is 5.75 Å². The molecule has 1 heterocycles. The van der Waals surface area contributed by atoms with E-state index in [4.69, 9.17) is 10.00 Å². The summed E-state index contributed by atoms with van der Waals surface area (Å²) in [6.45, 7) is 4.00. The summed E-state index contributed by atoms with van der Waals surface area (Å²) in [4.78, 5) is 15.9. The van der Waals surface area contributed by atoms with Crippen LogP contribution < -0.4 is 4.74 Å². The number of hydrogen-bond donors (Lipinski definition) is 0. The zero-order chi connectivity index (χ0) is 16.7. The van der Waals surface area contributed by atoms with Gasteiger partial charge in [-0.3, -0.25) is 9.78 Å². The van der Waals surface area contributed by atoms with Crippen LogP contribution in [0, 0.1) is 17.2 Å². The number of Topliss-reactive ketones (excluding diaryl/α,β-unsaturated/α-hetero) is 1. The van der Waals surface area contributed by atoms with E-state index in [1.54, 1.807) is 32.3 Å². The van der Waals surface area contributed by atoms with E-state index < -0.39 is 0 Å². The predicted molar refractivity (Wildman–Crippen MR) is 88.4 cm³/mol. The molecule has 0 unspecified atom stereocenters. The highest BCUT2D eigenvalue weighted by atomic mass is 16.5. The smallest absolute Gasteiger partial charge is 0.175 e. The number of allylic oxidation sites excluding steroid dienone is 1. The van der Waals surface area contributed by atoms with Crippen LogP contribution in [-0.2, 0) is 11.4 Å². The third kappa shape index (κ3) is 4.79. The molecule has 0 fully saturated rings. The molecule has 1 aromatic carbocycles. The van der Waals surface area contributed by atoms with Crippen molar-refractivity contribution in [2.24, 2.45) is 5.92 Å². The van der Waals surface area contributed by atoms with Crippen LogP contribution in [0.4, 0.5) is 0 Å². The largest absolute Gasteiger partial charge is 0.489 e. The summed E-state index contributed by atoms with van der Waals surface area (Å²) in [6, 6.07) is 13.1. The molecule has 0 atom stereocenters. The molecule has 0 aliphatic carbocycles. The Balaban J connectivity index is 2.04. The lowest BCUT2D eigenvalue weighted by molar-refractivity contribution is -0.117. The second-order valence-electron chi connectivity index (χ2n) is 5.41. The lowest BCUT2D eigenvalue weighted by Gasteiger charge is -2.06. The minimum atomic E-state index is -0.192. The van der Waals surface area contributed by atoms with Gasteiger partial charge in [0.1, 0.15) is 18.4 Å². The molecule has 0 spiro atoms. The van der Waals surface area contributed by atoms with Gasteiger partial charge >= 0.3 is 0 Å². The molecule has 1 aromatic heterocycles. The highest BCUT2D eigenvalue weighted by Gasteiger charge is 2.13. The van der Waals surface area contributed by atoms with E-state index in [1.165, 1.54) is 0 Å². The van der Waals surface area contributed by atoms with Gasteiger partial charge in [0.2, 0.25) is 0 Å². The Kier molecular flexibility index (Phi) is 5.65. The number of hydrogen-bond acceptors (Lipinski definition) is 4. The molecular weight excluding hydrogens is 288 g/mol. The summed E-state index contributed by atoms with van der Waals surface area (Å²) in [7, 11) is 0.